The van der Waals surface area contributed by atoms with Crippen molar-refractivity contribution in [3.05, 3.63) is 47.5 Å². The van der Waals surface area contributed by atoms with E-state index >= 15 is 0 Å². The molecule has 3 atom stereocenters. The van der Waals surface area contributed by atoms with Gasteiger partial charge in [-0.1, -0.05) is 38.5 Å². The van der Waals surface area contributed by atoms with E-state index in [2.05, 4.69) is 19.2 Å². The maximum Gasteiger partial charge on any atom is 0.340 e. The molecule has 0 radical (unpaired) electrons. The summed E-state index contributed by atoms with van der Waals surface area (Å²) in [6, 6.07) is 9.28. The maximum absolute atomic E-state index is 13.1. The molecule has 208 valence electrons. The predicted octanol–water partition coefficient (Wildman–Crippen LogP) is 4.16. The van der Waals surface area contributed by atoms with Crippen LogP contribution < -0.4 is 5.32 Å². The van der Waals surface area contributed by atoms with Crippen LogP contribution in [0.3, 0.4) is 0 Å². The second-order valence-corrected chi connectivity index (χ2v) is 10.7. The first kappa shape index (κ1) is 29.8. The van der Waals surface area contributed by atoms with Gasteiger partial charge in [-0.3, -0.25) is 9.59 Å². The number of nitrogens with one attached hydrogen (secondary N) is 1. The first-order valence-electron chi connectivity index (χ1n) is 12.5. The van der Waals surface area contributed by atoms with E-state index in [-0.39, 0.29) is 11.3 Å². The Labute approximate surface area is 230 Å². The third-order valence-corrected chi connectivity index (χ3v) is 7.75. The van der Waals surface area contributed by atoms with Gasteiger partial charge in [-0.05, 0) is 36.1 Å². The first-order valence-corrected chi connectivity index (χ1v) is 13.6. The quantitative estimate of drug-likeness (QED) is 0.247. The number of methoxy groups -OCH3 is 2. The van der Waals surface area contributed by atoms with Crippen LogP contribution in [0.2, 0.25) is 0 Å². The lowest BCUT2D eigenvalue weighted by Crippen LogP contribution is -2.41. The molecule has 0 saturated carbocycles. The number of aromatic nitrogens is 2. The van der Waals surface area contributed by atoms with E-state index in [1.807, 2.05) is 6.07 Å². The van der Waals surface area contributed by atoms with Gasteiger partial charge in [0.2, 0.25) is 5.91 Å². The van der Waals surface area contributed by atoms with Gasteiger partial charge in [0.1, 0.15) is 11.6 Å². The molecule has 0 fully saturated rings. The Morgan fingerprint density at radius 2 is 1.59 bits per heavy atom. The zero-order chi connectivity index (χ0) is 28.7. The van der Waals surface area contributed by atoms with Crippen molar-refractivity contribution in [3.8, 4) is 0 Å². The summed E-state index contributed by atoms with van der Waals surface area (Å²) in [7, 11) is 2.62. The number of esters is 2. The Bertz CT molecular complexity index is 1380. The molecule has 0 aliphatic carbocycles. The highest BCUT2D eigenvalue weighted by atomic mass is 32.2. The average molecular weight is 556 g/mol. The molecule has 1 heterocycles. The molecule has 0 saturated heterocycles. The Balaban J connectivity index is 2.18. The van der Waals surface area contributed by atoms with Gasteiger partial charge in [0.25, 0.3) is 0 Å². The SMILES string of the molecule is COC(=O)c1cccc2nc3c(C(SCC(NC(C)=O)C(=O)O)C(CCC(C)C)C(=O)OC)cccc3nc12. The molecule has 1 aromatic heterocycles. The number of rotatable bonds is 12. The smallest absolute Gasteiger partial charge is 0.340 e. The highest BCUT2D eigenvalue weighted by Crippen LogP contribution is 2.42. The number of hydrogen-bond donors (Lipinski definition) is 2. The van der Waals surface area contributed by atoms with Crippen LogP contribution in [0.1, 0.15) is 54.8 Å². The van der Waals surface area contributed by atoms with Gasteiger partial charge in [0.05, 0.1) is 42.3 Å². The van der Waals surface area contributed by atoms with E-state index in [0.29, 0.717) is 40.0 Å². The summed E-state index contributed by atoms with van der Waals surface area (Å²) in [6.45, 7) is 5.37. The number of amides is 1. The highest BCUT2D eigenvalue weighted by Gasteiger charge is 2.34. The second kappa shape index (κ2) is 13.4. The van der Waals surface area contributed by atoms with Gasteiger partial charge in [0, 0.05) is 17.9 Å². The predicted molar refractivity (Wildman–Crippen MR) is 148 cm³/mol. The van der Waals surface area contributed by atoms with E-state index in [0.717, 1.165) is 6.42 Å². The zero-order valence-corrected chi connectivity index (χ0v) is 23.4. The van der Waals surface area contributed by atoms with Crippen molar-refractivity contribution in [2.45, 2.75) is 44.9 Å². The van der Waals surface area contributed by atoms with Crippen LogP contribution in [0.25, 0.3) is 22.1 Å². The Kier molecular flexibility index (Phi) is 10.2. The van der Waals surface area contributed by atoms with E-state index in [9.17, 15) is 24.3 Å². The molecule has 0 spiro atoms. The fraction of sp³-hybridized carbons (Fsp3) is 0.429. The lowest BCUT2D eigenvalue weighted by molar-refractivity contribution is -0.145. The fourth-order valence-corrected chi connectivity index (χ4v) is 5.82. The number of carbonyl (C=O) groups excluding carboxylic acids is 3. The van der Waals surface area contributed by atoms with Gasteiger partial charge in [-0.25, -0.2) is 19.6 Å². The zero-order valence-electron chi connectivity index (χ0n) is 22.6. The van der Waals surface area contributed by atoms with Crippen LogP contribution in [0.4, 0.5) is 0 Å². The number of aliphatic carboxylic acids is 1. The van der Waals surface area contributed by atoms with Crippen LogP contribution in [-0.4, -0.2) is 64.9 Å². The number of fused-ring (bicyclic) bond motifs is 2. The van der Waals surface area contributed by atoms with Crippen LogP contribution in [0.15, 0.2) is 36.4 Å². The number of carboxylic acids is 1. The first-order chi connectivity index (χ1) is 18.6. The van der Waals surface area contributed by atoms with E-state index < -0.39 is 41.0 Å². The van der Waals surface area contributed by atoms with E-state index in [1.54, 1.807) is 30.3 Å². The molecule has 1 amide bonds. The second-order valence-electron chi connectivity index (χ2n) is 9.55. The maximum atomic E-state index is 13.1. The molecule has 0 bridgehead atoms. The van der Waals surface area contributed by atoms with Crippen molar-refractivity contribution < 1.29 is 33.8 Å². The van der Waals surface area contributed by atoms with Crippen molar-refractivity contribution in [1.29, 1.82) is 0 Å². The molecule has 3 aromatic rings. The van der Waals surface area contributed by atoms with Crippen molar-refractivity contribution in [3.63, 3.8) is 0 Å². The largest absolute Gasteiger partial charge is 0.480 e. The highest BCUT2D eigenvalue weighted by molar-refractivity contribution is 7.99. The summed E-state index contributed by atoms with van der Waals surface area (Å²) >= 11 is 1.25. The van der Waals surface area contributed by atoms with Crippen molar-refractivity contribution in [1.82, 2.24) is 15.3 Å². The number of nitrogens with zero attached hydrogens (tertiary/aromatic N) is 2. The summed E-state index contributed by atoms with van der Waals surface area (Å²) in [6.07, 6.45) is 1.25. The lowest BCUT2D eigenvalue weighted by atomic mass is 9.90. The molecular formula is C28H33N3O7S. The number of para-hydroxylation sites is 2. The van der Waals surface area contributed by atoms with Gasteiger partial charge in [0.15, 0.2) is 0 Å². The molecule has 10 nitrogen and oxygen atoms in total. The Morgan fingerprint density at radius 1 is 0.949 bits per heavy atom. The van der Waals surface area contributed by atoms with Gasteiger partial charge < -0.3 is 19.9 Å². The molecule has 0 aliphatic rings. The summed E-state index contributed by atoms with van der Waals surface area (Å²) in [5, 5.41) is 11.6. The topological polar surface area (TPSA) is 145 Å². The molecule has 2 aromatic carbocycles. The lowest BCUT2D eigenvalue weighted by Gasteiger charge is -2.27. The van der Waals surface area contributed by atoms with Gasteiger partial charge >= 0.3 is 17.9 Å². The van der Waals surface area contributed by atoms with Crippen LogP contribution in [0, 0.1) is 11.8 Å². The van der Waals surface area contributed by atoms with Crippen LogP contribution in [-0.2, 0) is 23.9 Å². The minimum atomic E-state index is -1.17. The molecule has 3 rings (SSSR count). The third-order valence-electron chi connectivity index (χ3n) is 6.28. The number of ether oxygens (including phenoxy) is 2. The summed E-state index contributed by atoms with van der Waals surface area (Å²) in [4.78, 5) is 58.4. The molecule has 0 aliphatic heterocycles. The van der Waals surface area contributed by atoms with Crippen LogP contribution >= 0.6 is 11.8 Å². The van der Waals surface area contributed by atoms with Gasteiger partial charge in [-0.2, -0.15) is 11.8 Å². The standard InChI is InChI=1S/C28H33N3O7S/c1-15(2)12-13-19(28(36)38-5)25(39-14-22(26(33)34)29-16(3)32)17-8-6-10-20-23(17)30-21-11-7-9-18(24(21)31-20)27(35)37-4/h6-11,15,19,22,25H,12-14H2,1-5H3,(H,29,32)(H,33,34). The fourth-order valence-electron chi connectivity index (χ4n) is 4.34. The van der Waals surface area contributed by atoms with E-state index in [1.165, 1.54) is 32.9 Å². The number of benzene rings is 2. The van der Waals surface area contributed by atoms with Crippen LogP contribution in [0.5, 0.6) is 0 Å². The Hall–Kier alpha value is -3.73. The average Bonchev–Trinajstić information content (AvgIpc) is 2.91. The normalized spacial score (nSPS) is 13.6. The minimum absolute atomic E-state index is 0.0125. The van der Waals surface area contributed by atoms with E-state index in [4.69, 9.17) is 19.4 Å². The summed E-state index contributed by atoms with van der Waals surface area (Å²) in [5.41, 5.74) is 2.85. The molecule has 11 heteroatoms. The number of carbonyl (C=O) groups is 4. The summed E-state index contributed by atoms with van der Waals surface area (Å²) < 4.78 is 10.1. The van der Waals surface area contributed by atoms with Crippen molar-refractivity contribution in [2.75, 3.05) is 20.0 Å². The van der Waals surface area contributed by atoms with Crippen molar-refractivity contribution in [2.24, 2.45) is 11.8 Å². The van der Waals surface area contributed by atoms with Gasteiger partial charge in [-0.15, -0.1) is 0 Å². The molecular weight excluding hydrogens is 522 g/mol. The summed E-state index contributed by atoms with van der Waals surface area (Å²) in [5.74, 6) is -2.87. The minimum Gasteiger partial charge on any atom is -0.480 e. The van der Waals surface area contributed by atoms with Crippen molar-refractivity contribution >= 4 is 57.6 Å². The number of thioether (sulfide) groups is 1. The molecule has 3 unspecified atom stereocenters. The number of carboxylic acid groups (broad SMARTS) is 1. The Morgan fingerprint density at radius 3 is 2.18 bits per heavy atom. The number of hydrogen-bond acceptors (Lipinski definition) is 9. The molecule has 39 heavy (non-hydrogen) atoms. The third kappa shape index (κ3) is 7.23. The monoisotopic (exact) mass is 555 g/mol. The molecule has 2 N–H and O–H groups in total.